The number of benzene rings is 1. The van der Waals surface area contributed by atoms with Crippen LogP contribution >= 0.6 is 24.0 Å². The van der Waals surface area contributed by atoms with E-state index >= 15 is 0 Å². The van der Waals surface area contributed by atoms with Crippen LogP contribution in [0.1, 0.15) is 45.2 Å². The summed E-state index contributed by atoms with van der Waals surface area (Å²) in [6, 6.07) is 7.10. The molecule has 2 saturated heterocycles. The maximum atomic E-state index is 13.9. The first-order valence-electron chi connectivity index (χ1n) is 12.5. The molecule has 0 saturated carbocycles. The van der Waals surface area contributed by atoms with Crippen molar-refractivity contribution in [1.82, 2.24) is 20.4 Å². The van der Waals surface area contributed by atoms with Gasteiger partial charge in [-0.25, -0.2) is 4.79 Å². The summed E-state index contributed by atoms with van der Waals surface area (Å²) >= 11 is 7.11. The number of terminal acetylenes is 1. The number of thiocarbonyl (C=S) groups is 1. The van der Waals surface area contributed by atoms with Gasteiger partial charge in [0, 0.05) is 7.05 Å². The summed E-state index contributed by atoms with van der Waals surface area (Å²) in [5.41, 5.74) is 0.403. The predicted octanol–water partition coefficient (Wildman–Crippen LogP) is 2.87. The number of carboxylic acid groups (broad SMARTS) is 1. The number of hydrogen-bond donors (Lipinski definition) is 3. The van der Waals surface area contributed by atoms with Crippen molar-refractivity contribution in [1.29, 1.82) is 0 Å². The fourth-order valence-electron chi connectivity index (χ4n) is 4.88. The molecule has 206 valence electrons. The van der Waals surface area contributed by atoms with Crippen molar-refractivity contribution < 1.29 is 24.2 Å². The number of thioether (sulfide) groups is 1. The first kappa shape index (κ1) is 29.7. The van der Waals surface area contributed by atoms with Crippen molar-refractivity contribution >= 4 is 46.9 Å². The van der Waals surface area contributed by atoms with Crippen LogP contribution in [0.25, 0.3) is 0 Å². The summed E-state index contributed by atoms with van der Waals surface area (Å²) in [6.45, 7) is 6.00. The molecule has 0 spiro atoms. The van der Waals surface area contributed by atoms with E-state index in [1.54, 1.807) is 23.6 Å². The average Bonchev–Trinajstić information content (AvgIpc) is 3.07. The van der Waals surface area contributed by atoms with E-state index in [-0.39, 0.29) is 35.4 Å². The second-order valence-electron chi connectivity index (χ2n) is 10.3. The van der Waals surface area contributed by atoms with Gasteiger partial charge in [-0.3, -0.25) is 9.59 Å². The summed E-state index contributed by atoms with van der Waals surface area (Å²) in [6.07, 6.45) is 5.41. The van der Waals surface area contributed by atoms with E-state index in [1.165, 1.54) is 7.05 Å². The van der Waals surface area contributed by atoms with E-state index in [9.17, 15) is 19.5 Å². The third kappa shape index (κ3) is 6.79. The summed E-state index contributed by atoms with van der Waals surface area (Å²) in [7, 11) is 1.43. The van der Waals surface area contributed by atoms with E-state index in [4.69, 9.17) is 23.4 Å². The topological polar surface area (TPSA) is 111 Å². The molecule has 2 aliphatic rings. The zero-order valence-electron chi connectivity index (χ0n) is 22.2. The Bertz CT molecular complexity index is 1080. The Hall–Kier alpha value is -2.81. The molecule has 38 heavy (non-hydrogen) atoms. The lowest BCUT2D eigenvalue weighted by Crippen LogP contribution is -2.58. The Morgan fingerprint density at radius 2 is 2.05 bits per heavy atom. The van der Waals surface area contributed by atoms with Crippen molar-refractivity contribution in [2.24, 2.45) is 5.41 Å². The quantitative estimate of drug-likeness (QED) is 0.240. The van der Waals surface area contributed by atoms with E-state index in [0.717, 1.165) is 10.5 Å². The van der Waals surface area contributed by atoms with Crippen LogP contribution in [0.5, 0.6) is 0 Å². The van der Waals surface area contributed by atoms with Crippen LogP contribution in [0.15, 0.2) is 30.3 Å². The minimum absolute atomic E-state index is 0.125. The van der Waals surface area contributed by atoms with Gasteiger partial charge in [0.1, 0.15) is 18.7 Å². The standard InChI is InChI=1S/C27H36N4O5S2/c1-6-13-36-16-20(18-10-8-7-9-11-18)28-23(32)22-27(3,4)15-21-31(22)25(33)19(12-14-38-21)29-24(37)17(2)30(5)26(34)35/h1,7-11,17,19-22H,12-16H2,2-5H3,(H,28,32)(H,29,37)(H,34,35)/t17-,19-,20+,21-,22+/m0/s1. The van der Waals surface area contributed by atoms with Gasteiger partial charge in [0.05, 0.1) is 29.1 Å². The molecule has 1 aromatic carbocycles. The number of rotatable bonds is 9. The smallest absolute Gasteiger partial charge is 0.407 e. The lowest BCUT2D eigenvalue weighted by molar-refractivity contribution is -0.142. The fraction of sp³-hybridized carbons (Fsp3) is 0.556. The highest BCUT2D eigenvalue weighted by Crippen LogP contribution is 2.46. The van der Waals surface area contributed by atoms with Gasteiger partial charge < -0.3 is 30.3 Å². The first-order valence-corrected chi connectivity index (χ1v) is 14.0. The molecule has 2 fully saturated rings. The Morgan fingerprint density at radius 1 is 1.37 bits per heavy atom. The van der Waals surface area contributed by atoms with Crippen LogP contribution in [0, 0.1) is 17.8 Å². The first-order chi connectivity index (χ1) is 18.0. The molecule has 0 unspecified atom stereocenters. The molecule has 11 heteroatoms. The van der Waals surface area contributed by atoms with E-state index in [2.05, 4.69) is 16.6 Å². The van der Waals surface area contributed by atoms with Gasteiger partial charge in [0.25, 0.3) is 0 Å². The second kappa shape index (κ2) is 12.8. The number of nitrogens with zero attached hydrogens (tertiary/aromatic N) is 2. The van der Waals surface area contributed by atoms with Gasteiger partial charge in [-0.2, -0.15) is 0 Å². The summed E-state index contributed by atoms with van der Waals surface area (Å²) in [5.74, 6) is 2.68. The molecule has 0 aliphatic carbocycles. The monoisotopic (exact) mass is 560 g/mol. The Kier molecular flexibility index (Phi) is 10.0. The van der Waals surface area contributed by atoms with Crippen molar-refractivity contribution in [2.75, 3.05) is 26.0 Å². The van der Waals surface area contributed by atoms with E-state index in [1.807, 2.05) is 44.2 Å². The molecule has 3 N–H and O–H groups in total. The normalized spacial score (nSPS) is 23.8. The highest BCUT2D eigenvalue weighted by Gasteiger charge is 2.54. The van der Waals surface area contributed by atoms with Gasteiger partial charge in [0.2, 0.25) is 11.8 Å². The van der Waals surface area contributed by atoms with Crippen molar-refractivity contribution in [3.05, 3.63) is 35.9 Å². The number of carbonyl (C=O) groups excluding carboxylic acids is 2. The fourth-order valence-corrected chi connectivity index (χ4v) is 6.76. The van der Waals surface area contributed by atoms with E-state index < -0.39 is 35.7 Å². The molecule has 0 radical (unpaired) electrons. The molecule has 2 heterocycles. The summed E-state index contributed by atoms with van der Waals surface area (Å²) in [5, 5.41) is 15.4. The van der Waals surface area contributed by atoms with Gasteiger partial charge in [0.15, 0.2) is 0 Å². The van der Waals surface area contributed by atoms with Gasteiger partial charge in [-0.1, -0.05) is 62.3 Å². The SMILES string of the molecule is C#CCOC[C@@H](NC(=O)[C@H]1N2C(=O)[C@@H](NC(=S)[C@H](C)N(C)C(=O)O)CCS[C@H]2CC1(C)C)c1ccccc1. The van der Waals surface area contributed by atoms with E-state index in [0.29, 0.717) is 18.6 Å². The maximum Gasteiger partial charge on any atom is 0.407 e. The molecule has 2 aliphatic heterocycles. The summed E-state index contributed by atoms with van der Waals surface area (Å²) in [4.78, 5) is 42.2. The molecule has 0 bridgehead atoms. The average molecular weight is 561 g/mol. The lowest BCUT2D eigenvalue weighted by Gasteiger charge is -2.35. The van der Waals surface area contributed by atoms with Crippen LogP contribution in [-0.2, 0) is 14.3 Å². The number of likely N-dealkylation sites (N-methyl/N-ethyl adjacent to an activating group) is 1. The van der Waals surface area contributed by atoms with Crippen molar-refractivity contribution in [3.63, 3.8) is 0 Å². The molecular formula is C27H36N4O5S2. The number of fused-ring (bicyclic) bond motifs is 1. The zero-order chi connectivity index (χ0) is 28.0. The Labute approximate surface area is 234 Å². The minimum Gasteiger partial charge on any atom is -0.465 e. The van der Waals surface area contributed by atoms with Crippen LogP contribution in [0.3, 0.4) is 0 Å². The highest BCUT2D eigenvalue weighted by molar-refractivity contribution is 7.99. The number of amides is 3. The minimum atomic E-state index is -1.11. The molecule has 9 nitrogen and oxygen atoms in total. The van der Waals surface area contributed by atoms with Crippen molar-refractivity contribution in [2.45, 2.75) is 63.2 Å². The highest BCUT2D eigenvalue weighted by atomic mass is 32.2. The summed E-state index contributed by atoms with van der Waals surface area (Å²) < 4.78 is 5.58. The lowest BCUT2D eigenvalue weighted by atomic mass is 9.83. The van der Waals surface area contributed by atoms with Gasteiger partial charge in [-0.05, 0) is 36.5 Å². The number of hydrogen-bond acceptors (Lipinski definition) is 6. The molecule has 3 amide bonds. The van der Waals surface area contributed by atoms with Gasteiger partial charge >= 0.3 is 6.09 Å². The van der Waals surface area contributed by atoms with Crippen LogP contribution in [-0.4, -0.2) is 87.3 Å². The third-order valence-corrected chi connectivity index (χ3v) is 8.82. The Balaban J connectivity index is 1.82. The molecular weight excluding hydrogens is 524 g/mol. The Morgan fingerprint density at radius 3 is 2.68 bits per heavy atom. The van der Waals surface area contributed by atoms with Crippen LogP contribution in [0.2, 0.25) is 0 Å². The maximum absolute atomic E-state index is 13.9. The molecule has 1 aromatic rings. The second-order valence-corrected chi connectivity index (χ2v) is 12.0. The largest absolute Gasteiger partial charge is 0.465 e. The number of ether oxygens (including phenoxy) is 1. The third-order valence-electron chi connectivity index (χ3n) is 7.11. The number of nitrogens with one attached hydrogen (secondary N) is 2. The van der Waals surface area contributed by atoms with Gasteiger partial charge in [-0.15, -0.1) is 18.2 Å². The van der Waals surface area contributed by atoms with Crippen LogP contribution < -0.4 is 10.6 Å². The van der Waals surface area contributed by atoms with Crippen molar-refractivity contribution in [3.8, 4) is 12.3 Å². The number of carbonyl (C=O) groups is 3. The van der Waals surface area contributed by atoms with Crippen LogP contribution in [0.4, 0.5) is 4.79 Å². The zero-order valence-corrected chi connectivity index (χ0v) is 23.8. The molecule has 3 rings (SSSR count). The predicted molar refractivity (Wildman–Crippen MR) is 152 cm³/mol. The molecule has 0 aromatic heterocycles. The molecule has 5 atom stereocenters.